The average molecular weight is 418 g/mol. The van der Waals surface area contributed by atoms with Gasteiger partial charge >= 0.3 is 0 Å². The zero-order chi connectivity index (χ0) is 19.7. The average Bonchev–Trinajstić information content (AvgIpc) is 2.70. The molecule has 7 nitrogen and oxygen atoms in total. The van der Waals surface area contributed by atoms with E-state index in [2.05, 4.69) is 20.3 Å². The molecule has 2 aromatic heterocycles. The molecule has 28 heavy (non-hydrogen) atoms. The van der Waals surface area contributed by atoms with Gasteiger partial charge in [-0.1, -0.05) is 18.0 Å². The van der Waals surface area contributed by atoms with Gasteiger partial charge in [0.25, 0.3) is 5.56 Å². The molecule has 1 atom stereocenters. The van der Waals surface area contributed by atoms with Gasteiger partial charge in [-0.2, -0.15) is 4.98 Å². The van der Waals surface area contributed by atoms with Crippen molar-refractivity contribution < 1.29 is 4.21 Å². The highest BCUT2D eigenvalue weighted by atomic mass is 35.5. The Bertz CT molecular complexity index is 1110. The second kappa shape index (κ2) is 7.98. The molecule has 1 unspecified atom stereocenters. The fraction of sp³-hybridized carbons (Fsp3) is 0.316. The molecule has 3 heterocycles. The van der Waals surface area contributed by atoms with Crippen LogP contribution in [0.2, 0.25) is 5.02 Å². The van der Waals surface area contributed by atoms with E-state index in [-0.39, 0.29) is 10.6 Å². The molecule has 4 rings (SSSR count). The van der Waals surface area contributed by atoms with Gasteiger partial charge in [0.05, 0.1) is 4.90 Å². The first kappa shape index (κ1) is 19.0. The Balaban J connectivity index is 1.56. The van der Waals surface area contributed by atoms with Crippen LogP contribution in [0.15, 0.2) is 40.2 Å². The number of hydrogen-bond donors (Lipinski definition) is 2. The van der Waals surface area contributed by atoms with Gasteiger partial charge in [0, 0.05) is 30.4 Å². The van der Waals surface area contributed by atoms with Crippen LogP contribution in [0.3, 0.4) is 0 Å². The molecule has 9 heteroatoms. The van der Waals surface area contributed by atoms with E-state index in [1.54, 1.807) is 6.20 Å². The lowest BCUT2D eigenvalue weighted by Crippen LogP contribution is -2.31. The maximum absolute atomic E-state index is 12.8. The predicted octanol–water partition coefficient (Wildman–Crippen LogP) is 3.53. The van der Waals surface area contributed by atoms with Crippen molar-refractivity contribution in [2.45, 2.75) is 31.1 Å². The fourth-order valence-electron chi connectivity index (χ4n) is 3.21. The molecule has 0 spiro atoms. The molecule has 0 radical (unpaired) electrons. The minimum Gasteiger partial charge on any atom is -0.324 e. The smallest absolute Gasteiger partial charge is 0.268 e. The highest BCUT2D eigenvalue weighted by Crippen LogP contribution is 2.24. The Morgan fingerprint density at radius 3 is 2.75 bits per heavy atom. The molecule has 3 aromatic rings. The lowest BCUT2D eigenvalue weighted by Gasteiger charge is -2.25. The minimum absolute atomic E-state index is 0.102. The number of pyridine rings is 1. The number of aryl methyl sites for hydroxylation is 1. The first-order valence-corrected chi connectivity index (χ1v) is 10.6. The number of aromatic nitrogens is 3. The number of piperidine rings is 1. The van der Waals surface area contributed by atoms with Crippen molar-refractivity contribution in [2.24, 2.45) is 0 Å². The fourth-order valence-corrected chi connectivity index (χ4v) is 4.73. The second-order valence-electron chi connectivity index (χ2n) is 6.78. The van der Waals surface area contributed by atoms with Crippen LogP contribution in [-0.2, 0) is 11.0 Å². The molecule has 1 saturated heterocycles. The molecule has 0 amide bonds. The van der Waals surface area contributed by atoms with Crippen molar-refractivity contribution in [2.75, 3.05) is 18.4 Å². The molecular weight excluding hydrogens is 398 g/mol. The molecule has 146 valence electrons. The predicted molar refractivity (Wildman–Crippen MR) is 111 cm³/mol. The van der Waals surface area contributed by atoms with Crippen molar-refractivity contribution >= 4 is 45.3 Å². The third-order valence-corrected chi connectivity index (χ3v) is 6.52. The first-order valence-electron chi connectivity index (χ1n) is 9.11. The Kier molecular flexibility index (Phi) is 5.43. The van der Waals surface area contributed by atoms with Crippen LogP contribution >= 0.6 is 11.6 Å². The molecule has 0 saturated carbocycles. The van der Waals surface area contributed by atoms with Crippen LogP contribution in [-0.4, -0.2) is 36.6 Å². The second-order valence-corrected chi connectivity index (χ2v) is 8.68. The Morgan fingerprint density at radius 2 is 2.00 bits per heavy atom. The largest absolute Gasteiger partial charge is 0.324 e. The van der Waals surface area contributed by atoms with E-state index in [0.29, 0.717) is 17.0 Å². The summed E-state index contributed by atoms with van der Waals surface area (Å²) in [7, 11) is -1.14. The van der Waals surface area contributed by atoms with Gasteiger partial charge in [-0.3, -0.25) is 4.79 Å². The number of hydrogen-bond acceptors (Lipinski definition) is 5. The number of H-pyrrole nitrogens is 1. The number of aromatic amines is 1. The summed E-state index contributed by atoms with van der Waals surface area (Å²) in [5.41, 5.74) is 1.78. The van der Waals surface area contributed by atoms with Crippen molar-refractivity contribution in [3.63, 3.8) is 0 Å². The molecule has 2 N–H and O–H groups in total. The monoisotopic (exact) mass is 417 g/mol. The molecule has 1 aliphatic heterocycles. The molecule has 0 bridgehead atoms. The maximum atomic E-state index is 12.8. The SMILES string of the molecule is Cc1cc(S(=O)N2CCCCC2)ccc1Nc1ncc2cc(Cl)c(=O)[nH]c2n1. The quantitative estimate of drug-likeness (QED) is 0.677. The van der Waals surface area contributed by atoms with Gasteiger partial charge in [0.2, 0.25) is 5.95 Å². The van der Waals surface area contributed by atoms with Crippen LogP contribution in [0.5, 0.6) is 0 Å². The Morgan fingerprint density at radius 1 is 1.21 bits per heavy atom. The van der Waals surface area contributed by atoms with Gasteiger partial charge in [-0.25, -0.2) is 13.5 Å². The number of nitrogens with one attached hydrogen (secondary N) is 2. The number of nitrogens with zero attached hydrogens (tertiary/aromatic N) is 3. The summed E-state index contributed by atoms with van der Waals surface area (Å²) in [6, 6.07) is 7.21. The normalized spacial score (nSPS) is 16.2. The van der Waals surface area contributed by atoms with E-state index >= 15 is 0 Å². The highest BCUT2D eigenvalue weighted by molar-refractivity contribution is 7.82. The van der Waals surface area contributed by atoms with Crippen molar-refractivity contribution in [1.82, 2.24) is 19.3 Å². The van der Waals surface area contributed by atoms with Crippen LogP contribution in [0.1, 0.15) is 24.8 Å². The summed E-state index contributed by atoms with van der Waals surface area (Å²) in [5, 5.41) is 3.91. The maximum Gasteiger partial charge on any atom is 0.268 e. The number of fused-ring (bicyclic) bond motifs is 1. The van der Waals surface area contributed by atoms with Crippen molar-refractivity contribution in [3.05, 3.63) is 51.4 Å². The molecule has 1 aliphatic rings. The highest BCUT2D eigenvalue weighted by Gasteiger charge is 2.18. The summed E-state index contributed by atoms with van der Waals surface area (Å²) >= 11 is 5.83. The van der Waals surface area contributed by atoms with Crippen molar-refractivity contribution in [1.29, 1.82) is 0 Å². The zero-order valence-corrected chi connectivity index (χ0v) is 16.9. The van der Waals surface area contributed by atoms with Gasteiger partial charge in [-0.05, 0) is 49.6 Å². The van der Waals surface area contributed by atoms with E-state index in [1.807, 2.05) is 29.4 Å². The van der Waals surface area contributed by atoms with Crippen molar-refractivity contribution in [3.8, 4) is 0 Å². The number of benzene rings is 1. The van der Waals surface area contributed by atoms with Crippen LogP contribution in [0.25, 0.3) is 11.0 Å². The summed E-state index contributed by atoms with van der Waals surface area (Å²) < 4.78 is 14.8. The number of halogens is 1. The number of anilines is 2. The first-order chi connectivity index (χ1) is 13.5. The molecule has 1 fully saturated rings. The van der Waals surface area contributed by atoms with Crippen LogP contribution in [0, 0.1) is 6.92 Å². The van der Waals surface area contributed by atoms with Gasteiger partial charge in [0.15, 0.2) is 0 Å². The van der Waals surface area contributed by atoms with E-state index in [0.717, 1.165) is 42.1 Å². The summed E-state index contributed by atoms with van der Waals surface area (Å²) in [5.74, 6) is 0.360. The van der Waals surface area contributed by atoms with Gasteiger partial charge in [0.1, 0.15) is 21.7 Å². The van der Waals surface area contributed by atoms with E-state index in [9.17, 15) is 9.00 Å². The van der Waals surface area contributed by atoms with Crippen LogP contribution < -0.4 is 10.9 Å². The summed E-state index contributed by atoms with van der Waals surface area (Å²) in [6.07, 6.45) is 4.99. The Labute approximate surface area is 169 Å². The third kappa shape index (κ3) is 3.94. The standard InChI is InChI=1S/C19H20ClN5O2S/c1-12-9-14(28(27)25-7-3-2-4-8-25)5-6-16(12)22-19-21-11-13-10-15(20)18(26)23-17(13)24-19/h5-6,9-11H,2-4,7-8H2,1H3,(H2,21,22,23,24,26). The zero-order valence-electron chi connectivity index (χ0n) is 15.4. The number of rotatable bonds is 4. The molecule has 1 aromatic carbocycles. The molecular formula is C19H20ClN5O2S. The minimum atomic E-state index is -1.14. The van der Waals surface area contributed by atoms with Gasteiger partial charge in [-0.15, -0.1) is 0 Å². The lowest BCUT2D eigenvalue weighted by atomic mass is 10.2. The lowest BCUT2D eigenvalue weighted by molar-refractivity contribution is 0.365. The van der Waals surface area contributed by atoms with E-state index in [4.69, 9.17) is 11.6 Å². The summed E-state index contributed by atoms with van der Waals surface area (Å²) in [6.45, 7) is 3.69. The van der Waals surface area contributed by atoms with E-state index < -0.39 is 11.0 Å². The van der Waals surface area contributed by atoms with E-state index in [1.165, 1.54) is 12.5 Å². The topological polar surface area (TPSA) is 91.0 Å². The summed E-state index contributed by atoms with van der Waals surface area (Å²) in [4.78, 5) is 23.7. The third-order valence-electron chi connectivity index (χ3n) is 4.74. The van der Waals surface area contributed by atoms with Crippen LogP contribution in [0.4, 0.5) is 11.6 Å². The molecule has 0 aliphatic carbocycles. The Hall–Kier alpha value is -2.29. The van der Waals surface area contributed by atoms with Gasteiger partial charge < -0.3 is 10.3 Å².